The number of piperazine rings is 2. The van der Waals surface area contributed by atoms with Gasteiger partial charge >= 0.3 is 0 Å². The van der Waals surface area contributed by atoms with Crippen LogP contribution in [-0.4, -0.2) is 152 Å². The zero-order chi connectivity index (χ0) is 53.7. The second-order valence-electron chi connectivity index (χ2n) is 20.3. The highest BCUT2D eigenvalue weighted by Crippen LogP contribution is 2.28. The predicted octanol–water partition coefficient (Wildman–Crippen LogP) is 9.82. The third kappa shape index (κ3) is 15.5. The fraction of sp³-hybridized carbons (Fsp3) is 0.344. The molecule has 2 aliphatic heterocycles. The van der Waals surface area contributed by atoms with Crippen molar-refractivity contribution in [3.8, 4) is 11.4 Å². The first kappa shape index (κ1) is 55.5. The molecule has 0 spiro atoms. The molecule has 2 saturated heterocycles. The lowest BCUT2D eigenvalue weighted by atomic mass is 10.1. The van der Waals surface area contributed by atoms with E-state index >= 15 is 0 Å². The number of ether oxygens (including phenoxy) is 2. The van der Waals surface area contributed by atoms with Gasteiger partial charge in [0.05, 0.1) is 49.9 Å². The normalized spacial score (nSPS) is 15.6. The van der Waals surface area contributed by atoms with Gasteiger partial charge in [0.1, 0.15) is 0 Å². The Hall–Kier alpha value is -7.30. The summed E-state index contributed by atoms with van der Waals surface area (Å²) in [5, 5.41) is 26.2. The van der Waals surface area contributed by atoms with Gasteiger partial charge in [-0.1, -0.05) is 182 Å². The lowest BCUT2D eigenvalue weighted by Gasteiger charge is -2.38. The molecule has 0 unspecified atom stereocenters. The number of hydrogen-bond donors (Lipinski definition) is 0. The van der Waals surface area contributed by atoms with Gasteiger partial charge in [-0.05, 0) is 106 Å². The van der Waals surface area contributed by atoms with Crippen molar-refractivity contribution in [2.24, 2.45) is 0 Å². The summed E-state index contributed by atoms with van der Waals surface area (Å²) >= 11 is 0. The molecule has 404 valence electrons. The highest BCUT2D eigenvalue weighted by molar-refractivity contribution is 5.50. The summed E-state index contributed by atoms with van der Waals surface area (Å²) in [5.74, 6) is 1.68. The fourth-order valence-corrected chi connectivity index (χ4v) is 10.5. The molecular weight excluding hydrogens is 969 g/mol. The largest absolute Gasteiger partial charge is 0.379 e. The minimum absolute atomic E-state index is 0.0307. The molecule has 0 N–H and O–H groups in total. The van der Waals surface area contributed by atoms with Crippen LogP contribution in [-0.2, 0) is 22.3 Å². The summed E-state index contributed by atoms with van der Waals surface area (Å²) in [7, 11) is 0. The molecule has 14 heteroatoms. The van der Waals surface area contributed by atoms with E-state index in [9.17, 15) is 0 Å². The van der Waals surface area contributed by atoms with Crippen LogP contribution in [0, 0.1) is 27.7 Å². The zero-order valence-corrected chi connectivity index (χ0v) is 46.0. The van der Waals surface area contributed by atoms with E-state index in [4.69, 9.17) is 9.47 Å². The van der Waals surface area contributed by atoms with Crippen LogP contribution in [0.4, 0.5) is 0 Å². The summed E-state index contributed by atoms with van der Waals surface area (Å²) in [4.78, 5) is 9.96. The van der Waals surface area contributed by atoms with Gasteiger partial charge in [0, 0.05) is 65.4 Å². The molecule has 0 amide bonds. The van der Waals surface area contributed by atoms with E-state index in [-0.39, 0.29) is 12.1 Å². The number of tetrazole rings is 2. The number of nitrogens with zero attached hydrogens (tertiary/aromatic N) is 12. The molecule has 8 aromatic rings. The van der Waals surface area contributed by atoms with Crippen LogP contribution in [0.1, 0.15) is 68.2 Å². The van der Waals surface area contributed by atoms with Crippen molar-refractivity contribution in [2.75, 3.05) is 91.9 Å². The van der Waals surface area contributed by atoms with E-state index < -0.39 is 0 Å². The molecule has 2 atom stereocenters. The maximum absolute atomic E-state index is 6.29. The molecule has 2 aromatic heterocycles. The molecule has 2 fully saturated rings. The van der Waals surface area contributed by atoms with Crippen LogP contribution in [0.25, 0.3) is 23.5 Å². The third-order valence-corrected chi connectivity index (χ3v) is 14.8. The highest BCUT2D eigenvalue weighted by Gasteiger charge is 2.32. The SMILES string of the molecule is Cc1cccc(C)c1-n1nnnc1[C@@H](COCCc1ccccc1)N1CCN(C/C=C/c2ccccc2)CC1.Cc1cccc(C)c1-n1nnnc1[C@H](COCCc1ccccc1)N1CCN(C/C=C/c2ccccc2)CC1. The standard InChI is InChI=1S/2C32H38N6O/c2*1-26-11-9-12-27(2)31(26)38-32(33-34-35-38)30(25-39-24-18-29-15-7-4-8-16-29)37-22-20-36(21-23-37)19-10-17-28-13-5-3-6-14-28/h2*3-17,30H,18-25H2,1-2H3/b2*17-10+/t2*30-/m10/s1. The number of para-hydroxylation sites is 2. The van der Waals surface area contributed by atoms with Crippen molar-refractivity contribution in [3.63, 3.8) is 0 Å². The minimum Gasteiger partial charge on any atom is -0.379 e. The number of hydrogen-bond acceptors (Lipinski definition) is 12. The van der Waals surface area contributed by atoms with Gasteiger partial charge in [-0.3, -0.25) is 19.6 Å². The van der Waals surface area contributed by atoms with Crippen LogP contribution < -0.4 is 0 Å². The van der Waals surface area contributed by atoms with E-state index in [0.717, 1.165) is 124 Å². The van der Waals surface area contributed by atoms with Gasteiger partial charge in [-0.15, -0.1) is 10.2 Å². The number of rotatable bonds is 22. The Balaban J connectivity index is 0.000000190. The minimum atomic E-state index is -0.0307. The summed E-state index contributed by atoms with van der Waals surface area (Å²) in [6.45, 7) is 20.5. The van der Waals surface area contributed by atoms with Crippen LogP contribution in [0.5, 0.6) is 0 Å². The Kier molecular flexibility index (Phi) is 20.5. The van der Waals surface area contributed by atoms with Crippen LogP contribution in [0.15, 0.2) is 170 Å². The third-order valence-electron chi connectivity index (χ3n) is 14.8. The molecule has 14 nitrogen and oxygen atoms in total. The summed E-state index contributed by atoms with van der Waals surface area (Å²) in [6, 6.07) is 54.5. The van der Waals surface area contributed by atoms with Crippen molar-refractivity contribution >= 4 is 12.2 Å². The Morgan fingerprint density at radius 3 is 1.13 bits per heavy atom. The maximum atomic E-state index is 6.29. The molecule has 78 heavy (non-hydrogen) atoms. The Bertz CT molecular complexity index is 2830. The van der Waals surface area contributed by atoms with E-state index in [1.54, 1.807) is 0 Å². The quantitative estimate of drug-likeness (QED) is 0.0602. The number of aromatic nitrogens is 8. The molecule has 0 radical (unpaired) electrons. The van der Waals surface area contributed by atoms with Crippen molar-refractivity contribution < 1.29 is 9.47 Å². The number of aryl methyl sites for hydroxylation is 4. The van der Waals surface area contributed by atoms with Crippen molar-refractivity contribution in [1.82, 2.24) is 60.0 Å². The summed E-state index contributed by atoms with van der Waals surface area (Å²) in [5.41, 5.74) is 11.8. The Morgan fingerprint density at radius 1 is 0.423 bits per heavy atom. The van der Waals surface area contributed by atoms with Crippen LogP contribution >= 0.6 is 0 Å². The predicted molar refractivity (Wildman–Crippen MR) is 312 cm³/mol. The fourth-order valence-electron chi connectivity index (χ4n) is 10.5. The Labute approximate surface area is 461 Å². The van der Waals surface area contributed by atoms with Crippen molar-refractivity contribution in [2.45, 2.75) is 52.6 Å². The van der Waals surface area contributed by atoms with Crippen molar-refractivity contribution in [1.29, 1.82) is 0 Å². The Morgan fingerprint density at radius 2 is 0.769 bits per heavy atom. The van der Waals surface area contributed by atoms with Crippen molar-refractivity contribution in [3.05, 3.63) is 226 Å². The molecule has 4 heterocycles. The van der Waals surface area contributed by atoms with E-state index in [1.165, 1.54) is 22.3 Å². The average Bonchev–Trinajstić information content (AvgIpc) is 4.25. The topological polar surface area (TPSA) is 119 Å². The zero-order valence-electron chi connectivity index (χ0n) is 46.0. The monoisotopic (exact) mass is 1040 g/mol. The second-order valence-corrected chi connectivity index (χ2v) is 20.3. The first-order valence-corrected chi connectivity index (χ1v) is 27.7. The summed E-state index contributed by atoms with van der Waals surface area (Å²) < 4.78 is 16.4. The lowest BCUT2D eigenvalue weighted by Crippen LogP contribution is -2.49. The molecule has 6 aromatic carbocycles. The van der Waals surface area contributed by atoms with Crippen LogP contribution in [0.2, 0.25) is 0 Å². The van der Waals surface area contributed by atoms with Gasteiger partial charge < -0.3 is 9.47 Å². The van der Waals surface area contributed by atoms with E-state index in [0.29, 0.717) is 26.4 Å². The molecule has 10 rings (SSSR count). The highest BCUT2D eigenvalue weighted by atomic mass is 16.5. The van der Waals surface area contributed by atoms with Gasteiger partial charge in [0.15, 0.2) is 11.6 Å². The molecule has 2 aliphatic rings. The first-order chi connectivity index (χ1) is 38.4. The van der Waals surface area contributed by atoms with E-state index in [2.05, 4.69) is 248 Å². The van der Waals surface area contributed by atoms with Gasteiger partial charge in [-0.2, -0.15) is 9.36 Å². The average molecular weight is 1050 g/mol. The number of benzene rings is 6. The summed E-state index contributed by atoms with van der Waals surface area (Å²) in [6.07, 6.45) is 10.7. The van der Waals surface area contributed by atoms with E-state index in [1.807, 2.05) is 21.5 Å². The van der Waals surface area contributed by atoms with Gasteiger partial charge in [0.25, 0.3) is 0 Å². The molecule has 0 aliphatic carbocycles. The smallest absolute Gasteiger partial charge is 0.176 e. The molecule has 0 saturated carbocycles. The second kappa shape index (κ2) is 28.9. The van der Waals surface area contributed by atoms with Gasteiger partial charge in [0.2, 0.25) is 0 Å². The molecular formula is C64H76N12O2. The lowest BCUT2D eigenvalue weighted by molar-refractivity contribution is 0.0297. The van der Waals surface area contributed by atoms with Crippen LogP contribution in [0.3, 0.4) is 0 Å². The molecule has 0 bridgehead atoms. The first-order valence-electron chi connectivity index (χ1n) is 27.7. The van der Waals surface area contributed by atoms with Gasteiger partial charge in [-0.25, -0.2) is 0 Å². The maximum Gasteiger partial charge on any atom is 0.176 e.